The number of rotatable bonds is 3. The van der Waals surface area contributed by atoms with Crippen molar-refractivity contribution < 1.29 is 18.0 Å². The predicted molar refractivity (Wildman–Crippen MR) is 94.1 cm³/mol. The molecule has 1 aliphatic rings. The standard InChI is InChI=1S/C19H18ClF3N2O/c20-17-6-4-14(5-7-17)13-24-8-10-25(11-9-24)18(26)15-2-1-3-16(12-15)19(21,22)23/h1-7,12H,8-11,13H2. The highest BCUT2D eigenvalue weighted by atomic mass is 35.5. The molecular formula is C19H18ClF3N2O. The Kier molecular flexibility index (Phi) is 5.53. The van der Waals surface area contributed by atoms with Gasteiger partial charge in [0.05, 0.1) is 5.56 Å². The molecule has 0 radical (unpaired) electrons. The Labute approximate surface area is 155 Å². The number of hydrogen-bond donors (Lipinski definition) is 0. The van der Waals surface area contributed by atoms with Crippen molar-refractivity contribution in [2.75, 3.05) is 26.2 Å². The molecule has 0 spiro atoms. The van der Waals surface area contributed by atoms with Gasteiger partial charge in [0.25, 0.3) is 5.91 Å². The number of nitrogens with zero attached hydrogens (tertiary/aromatic N) is 2. The second-order valence-corrected chi connectivity index (χ2v) is 6.71. The van der Waals surface area contributed by atoms with Gasteiger partial charge in [-0.2, -0.15) is 13.2 Å². The van der Waals surface area contributed by atoms with E-state index in [0.29, 0.717) is 31.2 Å². The molecule has 0 aliphatic carbocycles. The molecule has 0 saturated carbocycles. The summed E-state index contributed by atoms with van der Waals surface area (Å²) < 4.78 is 38.5. The first kappa shape index (κ1) is 18.7. The van der Waals surface area contributed by atoms with Gasteiger partial charge < -0.3 is 4.90 Å². The summed E-state index contributed by atoms with van der Waals surface area (Å²) in [7, 11) is 0. The van der Waals surface area contributed by atoms with E-state index in [-0.39, 0.29) is 11.5 Å². The minimum Gasteiger partial charge on any atom is -0.336 e. The highest BCUT2D eigenvalue weighted by Gasteiger charge is 2.31. The monoisotopic (exact) mass is 382 g/mol. The lowest BCUT2D eigenvalue weighted by atomic mass is 10.1. The third-order valence-corrected chi connectivity index (χ3v) is 4.67. The van der Waals surface area contributed by atoms with Gasteiger partial charge in [0.1, 0.15) is 0 Å². The fourth-order valence-corrected chi connectivity index (χ4v) is 3.09. The Morgan fingerprint density at radius 2 is 1.65 bits per heavy atom. The maximum atomic E-state index is 12.8. The van der Waals surface area contributed by atoms with E-state index >= 15 is 0 Å². The molecule has 1 heterocycles. The molecule has 2 aromatic carbocycles. The molecule has 0 N–H and O–H groups in total. The van der Waals surface area contributed by atoms with E-state index in [4.69, 9.17) is 11.6 Å². The van der Waals surface area contributed by atoms with E-state index in [1.807, 2.05) is 24.3 Å². The van der Waals surface area contributed by atoms with Gasteiger partial charge in [-0.05, 0) is 35.9 Å². The minimum absolute atomic E-state index is 0.0750. The zero-order valence-corrected chi connectivity index (χ0v) is 14.7. The fourth-order valence-electron chi connectivity index (χ4n) is 2.97. The van der Waals surface area contributed by atoms with Crippen LogP contribution in [0.25, 0.3) is 0 Å². The normalized spacial score (nSPS) is 15.9. The molecule has 1 aliphatic heterocycles. The first-order chi connectivity index (χ1) is 12.3. The minimum atomic E-state index is -4.45. The van der Waals surface area contributed by atoms with Crippen molar-refractivity contribution in [3.63, 3.8) is 0 Å². The van der Waals surface area contributed by atoms with Crippen LogP contribution in [0.15, 0.2) is 48.5 Å². The fraction of sp³-hybridized carbons (Fsp3) is 0.316. The van der Waals surface area contributed by atoms with Crippen molar-refractivity contribution in [1.82, 2.24) is 9.80 Å². The van der Waals surface area contributed by atoms with Gasteiger partial charge in [-0.25, -0.2) is 0 Å². The van der Waals surface area contributed by atoms with E-state index < -0.39 is 11.7 Å². The van der Waals surface area contributed by atoms with Crippen molar-refractivity contribution >= 4 is 17.5 Å². The van der Waals surface area contributed by atoms with Gasteiger partial charge in [-0.3, -0.25) is 9.69 Å². The summed E-state index contributed by atoms with van der Waals surface area (Å²) in [5, 5.41) is 0.685. The summed E-state index contributed by atoms with van der Waals surface area (Å²) in [6, 6.07) is 12.2. The molecule has 1 amide bonds. The Morgan fingerprint density at radius 3 is 2.27 bits per heavy atom. The van der Waals surface area contributed by atoms with Gasteiger partial charge in [0, 0.05) is 43.3 Å². The molecule has 3 rings (SSSR count). The van der Waals surface area contributed by atoms with Crippen LogP contribution < -0.4 is 0 Å². The van der Waals surface area contributed by atoms with Crippen LogP contribution in [0.1, 0.15) is 21.5 Å². The number of halogens is 4. The largest absolute Gasteiger partial charge is 0.416 e. The van der Waals surface area contributed by atoms with Crippen LogP contribution in [0.5, 0.6) is 0 Å². The van der Waals surface area contributed by atoms with Crippen LogP contribution in [-0.2, 0) is 12.7 Å². The smallest absolute Gasteiger partial charge is 0.336 e. The van der Waals surface area contributed by atoms with Gasteiger partial charge in [-0.15, -0.1) is 0 Å². The number of piperazine rings is 1. The zero-order valence-electron chi connectivity index (χ0n) is 14.0. The second kappa shape index (κ2) is 7.68. The maximum Gasteiger partial charge on any atom is 0.416 e. The van der Waals surface area contributed by atoms with Crippen LogP contribution in [0, 0.1) is 0 Å². The van der Waals surface area contributed by atoms with Crippen LogP contribution in [0.3, 0.4) is 0 Å². The predicted octanol–water partition coefficient (Wildman–Crippen LogP) is 4.32. The van der Waals surface area contributed by atoms with Crippen LogP contribution in [0.2, 0.25) is 5.02 Å². The van der Waals surface area contributed by atoms with E-state index in [0.717, 1.165) is 24.2 Å². The van der Waals surface area contributed by atoms with E-state index in [9.17, 15) is 18.0 Å². The molecule has 138 valence electrons. The molecule has 1 saturated heterocycles. The molecule has 0 aromatic heterocycles. The molecule has 0 bridgehead atoms. The molecule has 0 unspecified atom stereocenters. The van der Waals surface area contributed by atoms with Crippen molar-refractivity contribution in [3.8, 4) is 0 Å². The quantitative estimate of drug-likeness (QED) is 0.789. The van der Waals surface area contributed by atoms with E-state index in [1.54, 1.807) is 4.90 Å². The third-order valence-electron chi connectivity index (χ3n) is 4.42. The number of carbonyl (C=O) groups is 1. The molecule has 26 heavy (non-hydrogen) atoms. The summed E-state index contributed by atoms with van der Waals surface area (Å²) in [6.45, 7) is 3.08. The number of alkyl halides is 3. The molecule has 0 atom stereocenters. The Bertz CT molecular complexity index is 769. The Balaban J connectivity index is 1.59. The Hall–Kier alpha value is -2.05. The number of hydrogen-bond acceptors (Lipinski definition) is 2. The average Bonchev–Trinajstić information content (AvgIpc) is 2.63. The van der Waals surface area contributed by atoms with Crippen molar-refractivity contribution in [3.05, 3.63) is 70.2 Å². The topological polar surface area (TPSA) is 23.6 Å². The highest BCUT2D eigenvalue weighted by Crippen LogP contribution is 2.29. The average molecular weight is 383 g/mol. The van der Waals surface area contributed by atoms with Gasteiger partial charge in [0.15, 0.2) is 0 Å². The number of benzene rings is 2. The van der Waals surface area contributed by atoms with Crippen molar-refractivity contribution in [2.45, 2.75) is 12.7 Å². The lowest BCUT2D eigenvalue weighted by Crippen LogP contribution is -2.48. The van der Waals surface area contributed by atoms with E-state index in [1.165, 1.54) is 12.1 Å². The van der Waals surface area contributed by atoms with Crippen LogP contribution in [-0.4, -0.2) is 41.9 Å². The summed E-state index contributed by atoms with van der Waals surface area (Å²) in [6.07, 6.45) is -4.45. The molecule has 7 heteroatoms. The maximum absolute atomic E-state index is 12.8. The summed E-state index contributed by atoms with van der Waals surface area (Å²) >= 11 is 5.88. The first-order valence-corrected chi connectivity index (χ1v) is 8.64. The summed E-state index contributed by atoms with van der Waals surface area (Å²) in [5.41, 5.74) is 0.405. The second-order valence-electron chi connectivity index (χ2n) is 6.27. The highest BCUT2D eigenvalue weighted by molar-refractivity contribution is 6.30. The Morgan fingerprint density at radius 1 is 1.00 bits per heavy atom. The van der Waals surface area contributed by atoms with E-state index in [2.05, 4.69) is 4.90 Å². The molecular weight excluding hydrogens is 365 g/mol. The molecule has 2 aromatic rings. The van der Waals surface area contributed by atoms with Gasteiger partial charge in [-0.1, -0.05) is 29.8 Å². The molecule has 3 nitrogen and oxygen atoms in total. The third kappa shape index (κ3) is 4.56. The SMILES string of the molecule is O=C(c1cccc(C(F)(F)F)c1)N1CCN(Cc2ccc(Cl)cc2)CC1. The van der Waals surface area contributed by atoms with Crippen molar-refractivity contribution in [1.29, 1.82) is 0 Å². The van der Waals surface area contributed by atoms with Crippen molar-refractivity contribution in [2.24, 2.45) is 0 Å². The lowest BCUT2D eigenvalue weighted by molar-refractivity contribution is -0.137. The van der Waals surface area contributed by atoms with Crippen LogP contribution >= 0.6 is 11.6 Å². The summed E-state index contributed by atoms with van der Waals surface area (Å²) in [4.78, 5) is 16.3. The zero-order chi connectivity index (χ0) is 18.7. The number of amides is 1. The summed E-state index contributed by atoms with van der Waals surface area (Å²) in [5.74, 6) is -0.359. The molecule has 1 fully saturated rings. The van der Waals surface area contributed by atoms with Crippen LogP contribution in [0.4, 0.5) is 13.2 Å². The first-order valence-electron chi connectivity index (χ1n) is 8.26. The lowest BCUT2D eigenvalue weighted by Gasteiger charge is -2.35. The van der Waals surface area contributed by atoms with Gasteiger partial charge in [0.2, 0.25) is 0 Å². The number of carbonyl (C=O) groups excluding carboxylic acids is 1. The van der Waals surface area contributed by atoms with Gasteiger partial charge >= 0.3 is 6.18 Å².